The maximum atomic E-state index is 3.57. The van der Waals surface area contributed by atoms with E-state index in [9.17, 15) is 0 Å². The van der Waals surface area contributed by atoms with Gasteiger partial charge >= 0.3 is 31.1 Å². The second-order valence-corrected chi connectivity index (χ2v) is 4.88. The molecule has 0 atom stereocenters. The molecule has 0 N–H and O–H groups in total. The van der Waals surface area contributed by atoms with Gasteiger partial charge in [0, 0.05) is 0 Å². The van der Waals surface area contributed by atoms with Gasteiger partial charge in [-0.05, 0) is 6.42 Å². The van der Waals surface area contributed by atoms with Crippen LogP contribution in [0.1, 0.15) is 11.1 Å². The predicted octanol–water partition coefficient (Wildman–Crippen LogP) is 4.53. The zero-order valence-corrected chi connectivity index (χ0v) is 15.1. The molecule has 0 saturated heterocycles. The second kappa shape index (κ2) is 5.60. The van der Waals surface area contributed by atoms with Crippen molar-refractivity contribution in [3.63, 3.8) is 0 Å². The van der Waals surface area contributed by atoms with Gasteiger partial charge in [-0.25, -0.2) is 5.56 Å². The van der Waals surface area contributed by atoms with E-state index in [1.165, 1.54) is 22.3 Å². The van der Waals surface area contributed by atoms with Gasteiger partial charge in [-0.2, -0.15) is 42.0 Å². The summed E-state index contributed by atoms with van der Waals surface area (Å²) in [4.78, 5) is 0. The molecule has 0 heterocycles. The number of hydrogen-bond acceptors (Lipinski definition) is 0. The number of fused-ring (bicyclic) bond motifs is 3. The molecular weight excluding hydrogens is 466 g/mol. The predicted molar refractivity (Wildman–Crippen MR) is 77.8 cm³/mol. The first-order valence-electron chi connectivity index (χ1n) is 6.52. The fraction of sp³-hybridized carbons (Fsp3) is 0.0526. The Morgan fingerprint density at radius 2 is 1.60 bits per heavy atom. The van der Waals surface area contributed by atoms with E-state index in [4.69, 9.17) is 0 Å². The van der Waals surface area contributed by atoms with Crippen molar-refractivity contribution in [2.45, 2.75) is 6.42 Å². The van der Waals surface area contributed by atoms with Crippen molar-refractivity contribution in [2.24, 2.45) is 0 Å². The average Bonchev–Trinajstić information content (AvgIpc) is 2.86. The van der Waals surface area contributed by atoms with Gasteiger partial charge in [-0.3, -0.25) is 0 Å². The SMILES string of the molecule is [U+2].[c-]1ccccc1-c1[c-]c2c(cc1)Cc1ccccc1-2. The molecule has 1 aliphatic rings. The minimum atomic E-state index is 0. The van der Waals surface area contributed by atoms with Crippen LogP contribution in [0, 0.1) is 43.2 Å². The molecule has 0 fully saturated rings. The van der Waals surface area contributed by atoms with Crippen LogP contribution in [0.25, 0.3) is 22.3 Å². The quantitative estimate of drug-likeness (QED) is 0.353. The van der Waals surface area contributed by atoms with E-state index in [2.05, 4.69) is 54.6 Å². The van der Waals surface area contributed by atoms with Crippen molar-refractivity contribution >= 4 is 0 Å². The van der Waals surface area contributed by atoms with Gasteiger partial charge in [-0.15, -0.1) is 23.3 Å². The third-order valence-electron chi connectivity index (χ3n) is 3.70. The van der Waals surface area contributed by atoms with Gasteiger partial charge < -0.3 is 0 Å². The molecule has 0 unspecified atom stereocenters. The monoisotopic (exact) mass is 478 g/mol. The molecule has 20 heavy (non-hydrogen) atoms. The van der Waals surface area contributed by atoms with Gasteiger partial charge in [-0.1, -0.05) is 35.4 Å². The van der Waals surface area contributed by atoms with Crippen LogP contribution >= 0.6 is 0 Å². The molecule has 3 aromatic rings. The number of benzene rings is 3. The van der Waals surface area contributed by atoms with Crippen LogP contribution < -0.4 is 0 Å². The zero-order chi connectivity index (χ0) is 12.7. The van der Waals surface area contributed by atoms with Crippen molar-refractivity contribution in [1.29, 1.82) is 0 Å². The van der Waals surface area contributed by atoms with E-state index in [0.29, 0.717) is 0 Å². The van der Waals surface area contributed by atoms with Crippen LogP contribution in [0.5, 0.6) is 0 Å². The molecule has 0 amide bonds. The average molecular weight is 478 g/mol. The molecule has 4 rings (SSSR count). The molecule has 92 valence electrons. The van der Waals surface area contributed by atoms with E-state index in [0.717, 1.165) is 17.5 Å². The maximum absolute atomic E-state index is 3.57. The molecule has 3 aromatic carbocycles. The third kappa shape index (κ3) is 2.26. The Bertz CT molecular complexity index is 745. The van der Waals surface area contributed by atoms with Crippen molar-refractivity contribution in [3.8, 4) is 22.3 Å². The van der Waals surface area contributed by atoms with Gasteiger partial charge in [0.15, 0.2) is 0 Å². The minimum Gasteiger partial charge on any atom is -0.209 e. The minimum absolute atomic E-state index is 0. The van der Waals surface area contributed by atoms with Crippen LogP contribution in [0.15, 0.2) is 60.7 Å². The van der Waals surface area contributed by atoms with Gasteiger partial charge in [0.2, 0.25) is 0 Å². The summed E-state index contributed by atoms with van der Waals surface area (Å²) in [6, 6.07) is 27.9. The standard InChI is InChI=1S/C19H12.U/c1-2-6-14(7-3-1)15-10-11-17-12-16-8-4-5-9-18(16)19(17)13-15;/h1-6,8-11H,12H2;/q-2;+2. The third-order valence-corrected chi connectivity index (χ3v) is 3.70. The molecule has 0 spiro atoms. The van der Waals surface area contributed by atoms with Crippen molar-refractivity contribution < 1.29 is 31.1 Å². The van der Waals surface area contributed by atoms with Crippen LogP contribution in [0.4, 0.5) is 0 Å². The van der Waals surface area contributed by atoms with Crippen molar-refractivity contribution in [3.05, 3.63) is 83.9 Å². The first-order chi connectivity index (χ1) is 9.42. The maximum Gasteiger partial charge on any atom is 2.00 e. The van der Waals surface area contributed by atoms with Crippen LogP contribution in [-0.4, -0.2) is 0 Å². The molecule has 0 aromatic heterocycles. The Labute approximate surface area is 143 Å². The summed E-state index contributed by atoms with van der Waals surface area (Å²) in [5, 5.41) is 0. The molecule has 0 radical (unpaired) electrons. The van der Waals surface area contributed by atoms with Crippen LogP contribution in [-0.2, 0) is 6.42 Å². The first kappa shape index (κ1) is 13.7. The van der Waals surface area contributed by atoms with Gasteiger partial charge in [0.05, 0.1) is 0 Å². The van der Waals surface area contributed by atoms with Crippen LogP contribution in [0.2, 0.25) is 0 Å². The molecular formula is C19H12U. The molecule has 1 aliphatic carbocycles. The Kier molecular flexibility index (Phi) is 3.83. The smallest absolute Gasteiger partial charge is 0.209 e. The summed E-state index contributed by atoms with van der Waals surface area (Å²) < 4.78 is 0. The summed E-state index contributed by atoms with van der Waals surface area (Å²) >= 11 is 0. The van der Waals surface area contributed by atoms with E-state index >= 15 is 0 Å². The summed E-state index contributed by atoms with van der Waals surface area (Å²) in [6.45, 7) is 0. The van der Waals surface area contributed by atoms with Crippen molar-refractivity contribution in [2.75, 3.05) is 0 Å². The fourth-order valence-electron chi connectivity index (χ4n) is 2.75. The summed E-state index contributed by atoms with van der Waals surface area (Å²) in [5.41, 5.74) is 7.59. The fourth-order valence-corrected chi connectivity index (χ4v) is 2.75. The zero-order valence-electron chi connectivity index (χ0n) is 11.0. The molecule has 0 nitrogen and oxygen atoms in total. The van der Waals surface area contributed by atoms with Crippen molar-refractivity contribution in [1.82, 2.24) is 0 Å². The van der Waals surface area contributed by atoms with Gasteiger partial charge in [0.1, 0.15) is 0 Å². The van der Waals surface area contributed by atoms with E-state index < -0.39 is 0 Å². The largest absolute Gasteiger partial charge is 2.00 e. The summed E-state index contributed by atoms with van der Waals surface area (Å²) in [5.74, 6) is 0. The Morgan fingerprint density at radius 3 is 2.45 bits per heavy atom. The first-order valence-corrected chi connectivity index (χ1v) is 6.52. The molecule has 0 bridgehead atoms. The molecule has 0 saturated carbocycles. The Balaban J connectivity index is 0.00000121. The molecule has 0 aliphatic heterocycles. The van der Waals surface area contributed by atoms with Crippen LogP contribution in [0.3, 0.4) is 0 Å². The van der Waals surface area contributed by atoms with E-state index in [-0.39, 0.29) is 31.1 Å². The summed E-state index contributed by atoms with van der Waals surface area (Å²) in [7, 11) is 0. The number of rotatable bonds is 1. The summed E-state index contributed by atoms with van der Waals surface area (Å²) in [6.07, 6.45) is 1.03. The van der Waals surface area contributed by atoms with Gasteiger partial charge in [0.25, 0.3) is 0 Å². The molecule has 1 heteroatoms. The Morgan fingerprint density at radius 1 is 0.750 bits per heavy atom. The second-order valence-electron chi connectivity index (χ2n) is 4.88. The number of hydrogen-bond donors (Lipinski definition) is 0. The van der Waals surface area contributed by atoms with E-state index in [1.54, 1.807) is 0 Å². The normalized spacial score (nSPS) is 11.4. The Hall–Kier alpha value is -1.29. The topological polar surface area (TPSA) is 0 Å². The van der Waals surface area contributed by atoms with E-state index in [1.807, 2.05) is 18.2 Å².